The van der Waals surface area contributed by atoms with Crippen molar-refractivity contribution in [3.8, 4) is 0 Å². The largest absolute Gasteiger partial charge is 0.371 e. The molecule has 2 aliphatic rings. The van der Waals surface area contributed by atoms with Crippen molar-refractivity contribution in [1.29, 1.82) is 0 Å². The average Bonchev–Trinajstić information content (AvgIpc) is 3.07. The maximum atomic E-state index is 5.90. The summed E-state index contributed by atoms with van der Waals surface area (Å²) in [6, 6.07) is 0. The van der Waals surface area contributed by atoms with Crippen LogP contribution in [0, 0.1) is 5.92 Å². The molecule has 0 aromatic carbocycles. The predicted octanol–water partition coefficient (Wildman–Crippen LogP) is 4.07. The van der Waals surface area contributed by atoms with Gasteiger partial charge in [-0.05, 0) is 38.0 Å². The second-order valence-corrected chi connectivity index (χ2v) is 6.61. The van der Waals surface area contributed by atoms with Crippen molar-refractivity contribution in [2.24, 2.45) is 5.92 Å². The summed E-state index contributed by atoms with van der Waals surface area (Å²) in [5.74, 6) is 1.52. The molecule has 0 amide bonds. The Labute approximate surface area is 107 Å². The van der Waals surface area contributed by atoms with Crippen LogP contribution in [-0.2, 0) is 10.3 Å². The van der Waals surface area contributed by atoms with E-state index in [-0.39, 0.29) is 5.60 Å². The van der Waals surface area contributed by atoms with Gasteiger partial charge in [-0.15, -0.1) is 11.3 Å². The number of ether oxygens (including phenoxy) is 1. The van der Waals surface area contributed by atoms with Crippen molar-refractivity contribution in [1.82, 2.24) is 4.98 Å². The van der Waals surface area contributed by atoms with Crippen molar-refractivity contribution < 1.29 is 4.74 Å². The first-order valence-electron chi connectivity index (χ1n) is 6.74. The third-order valence-corrected chi connectivity index (χ3v) is 5.30. The van der Waals surface area contributed by atoms with Crippen LogP contribution in [-0.4, -0.2) is 12.1 Å². The Morgan fingerprint density at radius 3 is 2.88 bits per heavy atom. The molecule has 3 heteroatoms. The summed E-state index contributed by atoms with van der Waals surface area (Å²) in [4.78, 5) is 4.87. The molecule has 2 unspecified atom stereocenters. The molecule has 2 atom stereocenters. The minimum Gasteiger partial charge on any atom is -0.371 e. The van der Waals surface area contributed by atoms with Gasteiger partial charge in [0, 0.05) is 18.4 Å². The van der Waals surface area contributed by atoms with E-state index in [2.05, 4.69) is 12.3 Å². The number of nitrogens with zero attached hydrogens (tertiary/aromatic N) is 1. The minimum absolute atomic E-state index is 0.0739. The summed E-state index contributed by atoms with van der Waals surface area (Å²) in [6.45, 7) is 2.34. The molecule has 2 fully saturated rings. The van der Waals surface area contributed by atoms with Gasteiger partial charge in [-0.3, -0.25) is 0 Å². The Hall–Kier alpha value is -0.410. The highest BCUT2D eigenvalue weighted by molar-refractivity contribution is 7.09. The van der Waals surface area contributed by atoms with E-state index in [0.29, 0.717) is 0 Å². The molecule has 2 nitrogen and oxygen atoms in total. The highest BCUT2D eigenvalue weighted by Crippen LogP contribution is 2.46. The normalized spacial score (nSPS) is 33.9. The first-order valence-corrected chi connectivity index (χ1v) is 7.62. The summed E-state index contributed by atoms with van der Waals surface area (Å²) in [5.41, 5.74) is 1.25. The van der Waals surface area contributed by atoms with Gasteiger partial charge in [-0.25, -0.2) is 4.98 Å². The third kappa shape index (κ3) is 2.15. The Kier molecular flexibility index (Phi) is 2.99. The fraction of sp³-hybridized carbons (Fsp3) is 0.786. The highest BCUT2D eigenvalue weighted by Gasteiger charge is 2.40. The fourth-order valence-corrected chi connectivity index (χ4v) is 4.15. The summed E-state index contributed by atoms with van der Waals surface area (Å²) < 4.78 is 5.90. The average molecular weight is 251 g/mol. The molecular formula is C14H21NOS. The van der Waals surface area contributed by atoms with Crippen molar-refractivity contribution in [3.63, 3.8) is 0 Å². The van der Waals surface area contributed by atoms with E-state index in [1.807, 2.05) is 18.4 Å². The lowest BCUT2D eigenvalue weighted by molar-refractivity contribution is -0.0581. The maximum absolute atomic E-state index is 5.90. The molecule has 0 bridgehead atoms. The molecule has 1 heterocycles. The van der Waals surface area contributed by atoms with E-state index in [4.69, 9.17) is 9.72 Å². The lowest BCUT2D eigenvalue weighted by Crippen LogP contribution is -2.34. The lowest BCUT2D eigenvalue weighted by Gasteiger charge is -2.37. The zero-order chi connectivity index (χ0) is 11.9. The van der Waals surface area contributed by atoms with Crippen LogP contribution in [0.1, 0.15) is 62.1 Å². The van der Waals surface area contributed by atoms with E-state index in [1.54, 1.807) is 0 Å². The molecule has 17 heavy (non-hydrogen) atoms. The highest BCUT2D eigenvalue weighted by atomic mass is 32.1. The number of rotatable bonds is 3. The van der Waals surface area contributed by atoms with Gasteiger partial charge in [0.15, 0.2) is 0 Å². The smallest absolute Gasteiger partial charge is 0.125 e. The van der Waals surface area contributed by atoms with Crippen LogP contribution in [0.3, 0.4) is 0 Å². The standard InChI is InChI=1S/C14H21NOS/c1-10-4-3-7-14(8-10,16-2)13-15-12(9-17-13)11-5-6-11/h9-11H,3-8H2,1-2H3. The quantitative estimate of drug-likeness (QED) is 0.808. The molecular weight excluding hydrogens is 230 g/mol. The van der Waals surface area contributed by atoms with E-state index in [0.717, 1.165) is 24.7 Å². The molecule has 1 aromatic heterocycles. The van der Waals surface area contributed by atoms with Crippen molar-refractivity contribution in [2.45, 2.75) is 57.0 Å². The van der Waals surface area contributed by atoms with Crippen LogP contribution >= 0.6 is 11.3 Å². The number of methoxy groups -OCH3 is 1. The van der Waals surface area contributed by atoms with Crippen LogP contribution in [0.4, 0.5) is 0 Å². The predicted molar refractivity (Wildman–Crippen MR) is 70.4 cm³/mol. The van der Waals surface area contributed by atoms with Crippen LogP contribution in [0.25, 0.3) is 0 Å². The lowest BCUT2D eigenvalue weighted by atomic mass is 9.79. The van der Waals surface area contributed by atoms with Gasteiger partial charge < -0.3 is 4.74 Å². The molecule has 3 rings (SSSR count). The number of hydrogen-bond acceptors (Lipinski definition) is 3. The van der Waals surface area contributed by atoms with Crippen molar-refractivity contribution in [2.75, 3.05) is 7.11 Å². The van der Waals surface area contributed by atoms with Gasteiger partial charge in [-0.2, -0.15) is 0 Å². The molecule has 2 aliphatic carbocycles. The van der Waals surface area contributed by atoms with Crippen LogP contribution < -0.4 is 0 Å². The van der Waals surface area contributed by atoms with Gasteiger partial charge in [0.2, 0.25) is 0 Å². The molecule has 2 saturated carbocycles. The summed E-state index contributed by atoms with van der Waals surface area (Å²) in [5, 5.41) is 3.49. The Bertz CT molecular complexity index is 399. The fourth-order valence-electron chi connectivity index (χ4n) is 3.03. The van der Waals surface area contributed by atoms with Crippen LogP contribution in [0.2, 0.25) is 0 Å². The number of thiazole rings is 1. The number of aromatic nitrogens is 1. The van der Waals surface area contributed by atoms with Crippen LogP contribution in [0.15, 0.2) is 5.38 Å². The zero-order valence-corrected chi connectivity index (χ0v) is 11.6. The van der Waals surface area contributed by atoms with Crippen molar-refractivity contribution >= 4 is 11.3 Å². The molecule has 0 spiro atoms. The molecule has 1 aromatic rings. The second-order valence-electron chi connectivity index (χ2n) is 5.75. The summed E-state index contributed by atoms with van der Waals surface area (Å²) >= 11 is 1.81. The van der Waals surface area contributed by atoms with Gasteiger partial charge in [0.05, 0.1) is 5.69 Å². The maximum Gasteiger partial charge on any atom is 0.125 e. The zero-order valence-electron chi connectivity index (χ0n) is 10.7. The minimum atomic E-state index is -0.0739. The van der Waals surface area contributed by atoms with E-state index in [1.165, 1.54) is 36.4 Å². The molecule has 0 aliphatic heterocycles. The van der Waals surface area contributed by atoms with Crippen LogP contribution in [0.5, 0.6) is 0 Å². The Morgan fingerprint density at radius 2 is 2.24 bits per heavy atom. The Morgan fingerprint density at radius 1 is 1.41 bits per heavy atom. The molecule has 0 saturated heterocycles. The summed E-state index contributed by atoms with van der Waals surface area (Å²) in [6.07, 6.45) is 7.56. The topological polar surface area (TPSA) is 22.1 Å². The first-order chi connectivity index (χ1) is 8.23. The van der Waals surface area contributed by atoms with Gasteiger partial charge in [0.1, 0.15) is 10.6 Å². The molecule has 0 radical (unpaired) electrons. The van der Waals surface area contributed by atoms with E-state index >= 15 is 0 Å². The van der Waals surface area contributed by atoms with Gasteiger partial charge >= 0.3 is 0 Å². The SMILES string of the molecule is COC1(c2nc(C3CC3)cs2)CCCC(C)C1. The summed E-state index contributed by atoms with van der Waals surface area (Å²) in [7, 11) is 1.86. The van der Waals surface area contributed by atoms with E-state index in [9.17, 15) is 0 Å². The number of hydrogen-bond donors (Lipinski definition) is 0. The monoisotopic (exact) mass is 251 g/mol. The third-order valence-electron chi connectivity index (χ3n) is 4.25. The Balaban J connectivity index is 1.86. The molecule has 94 valence electrons. The second kappa shape index (κ2) is 4.36. The first kappa shape index (κ1) is 11.7. The van der Waals surface area contributed by atoms with E-state index < -0.39 is 0 Å². The van der Waals surface area contributed by atoms with Crippen molar-refractivity contribution in [3.05, 3.63) is 16.1 Å². The van der Waals surface area contributed by atoms with Gasteiger partial charge in [-0.1, -0.05) is 13.3 Å². The molecule has 0 N–H and O–H groups in total. The van der Waals surface area contributed by atoms with Gasteiger partial charge in [0.25, 0.3) is 0 Å².